The van der Waals surface area contributed by atoms with E-state index in [2.05, 4.69) is 25.5 Å². The van der Waals surface area contributed by atoms with E-state index >= 15 is 0 Å². The number of aromatic nitrogens is 6. The summed E-state index contributed by atoms with van der Waals surface area (Å²) in [5.41, 5.74) is 0.943. The van der Waals surface area contributed by atoms with Crippen molar-refractivity contribution in [1.82, 2.24) is 34.9 Å². The van der Waals surface area contributed by atoms with E-state index in [0.29, 0.717) is 37.4 Å². The summed E-state index contributed by atoms with van der Waals surface area (Å²) in [5, 5.41) is 21.7. The SMILES string of the molecule is CC(C)(C)OC(=O)Cn1cc(CN(CCc2ccc(S(N)(=O)=O)cc2)Cc2cn(CC(=O)OC(C)(C)C)nn2)nn1. The molecule has 2 N–H and O–H groups in total. The van der Waals surface area contributed by atoms with Crippen LogP contribution in [0.1, 0.15) is 58.5 Å². The van der Waals surface area contributed by atoms with Crippen molar-refractivity contribution in [3.8, 4) is 0 Å². The monoisotopic (exact) mass is 590 g/mol. The quantitative estimate of drug-likeness (QED) is 0.302. The molecule has 41 heavy (non-hydrogen) atoms. The summed E-state index contributed by atoms with van der Waals surface area (Å²) in [4.78, 5) is 26.5. The Kier molecular flexibility index (Phi) is 9.99. The first kappa shape index (κ1) is 31.8. The second kappa shape index (κ2) is 12.9. The molecular formula is C26H38N8O6S. The Hall–Kier alpha value is -3.69. The third kappa shape index (κ3) is 11.4. The average Bonchev–Trinajstić information content (AvgIpc) is 3.43. The van der Waals surface area contributed by atoms with E-state index < -0.39 is 33.2 Å². The maximum absolute atomic E-state index is 12.2. The predicted octanol–water partition coefficient (Wildman–Crippen LogP) is 1.45. The van der Waals surface area contributed by atoms with Gasteiger partial charge in [-0.15, -0.1) is 10.2 Å². The minimum atomic E-state index is -3.78. The van der Waals surface area contributed by atoms with Crippen LogP contribution < -0.4 is 5.14 Å². The normalized spacial score (nSPS) is 12.5. The van der Waals surface area contributed by atoms with Crippen molar-refractivity contribution in [3.05, 3.63) is 53.6 Å². The fourth-order valence-corrected chi connectivity index (χ4v) is 4.31. The highest BCUT2D eigenvalue weighted by Gasteiger charge is 2.20. The van der Waals surface area contributed by atoms with Gasteiger partial charge in [0.05, 0.1) is 28.7 Å². The third-order valence-electron chi connectivity index (χ3n) is 5.33. The van der Waals surface area contributed by atoms with Crippen LogP contribution in [0.15, 0.2) is 41.6 Å². The van der Waals surface area contributed by atoms with Crippen LogP contribution in [-0.2, 0) is 61.7 Å². The van der Waals surface area contributed by atoms with E-state index in [9.17, 15) is 18.0 Å². The summed E-state index contributed by atoms with van der Waals surface area (Å²) in [7, 11) is -3.78. The molecule has 2 heterocycles. The van der Waals surface area contributed by atoms with Crippen LogP contribution in [0.3, 0.4) is 0 Å². The van der Waals surface area contributed by atoms with Gasteiger partial charge in [-0.1, -0.05) is 22.6 Å². The van der Waals surface area contributed by atoms with Gasteiger partial charge in [0, 0.05) is 19.6 Å². The van der Waals surface area contributed by atoms with Crippen molar-refractivity contribution >= 4 is 22.0 Å². The van der Waals surface area contributed by atoms with Crippen molar-refractivity contribution in [1.29, 1.82) is 0 Å². The number of ether oxygens (including phenoxy) is 2. The van der Waals surface area contributed by atoms with E-state index in [4.69, 9.17) is 14.6 Å². The summed E-state index contributed by atoms with van der Waals surface area (Å²) in [6.45, 7) is 11.9. The van der Waals surface area contributed by atoms with Crippen LogP contribution in [0.25, 0.3) is 0 Å². The first-order valence-electron chi connectivity index (χ1n) is 13.0. The van der Waals surface area contributed by atoms with Gasteiger partial charge in [0.2, 0.25) is 10.0 Å². The molecule has 0 aliphatic rings. The molecule has 14 nitrogen and oxygen atoms in total. The summed E-state index contributed by atoms with van der Waals surface area (Å²) in [5.74, 6) is -0.842. The Morgan fingerprint density at radius 2 is 1.27 bits per heavy atom. The number of carbonyl (C=O) groups excluding carboxylic acids is 2. The number of benzene rings is 1. The zero-order valence-corrected chi connectivity index (χ0v) is 25.1. The molecule has 0 aliphatic carbocycles. The lowest BCUT2D eigenvalue weighted by Crippen LogP contribution is -2.27. The number of carbonyl (C=O) groups is 2. The van der Waals surface area contributed by atoms with Gasteiger partial charge in [0.25, 0.3) is 0 Å². The lowest BCUT2D eigenvalue weighted by Gasteiger charge is -2.20. The molecule has 0 bridgehead atoms. The summed E-state index contributed by atoms with van der Waals surface area (Å²) in [6, 6.07) is 6.37. The minimum absolute atomic E-state index is 0.0429. The second-order valence-corrected chi connectivity index (χ2v) is 13.2. The highest BCUT2D eigenvalue weighted by Crippen LogP contribution is 2.13. The molecule has 15 heteroatoms. The molecule has 224 valence electrons. The van der Waals surface area contributed by atoms with Crippen LogP contribution in [-0.4, -0.2) is 73.0 Å². The Morgan fingerprint density at radius 3 is 1.66 bits per heavy atom. The van der Waals surface area contributed by atoms with Crippen molar-refractivity contribution in [3.63, 3.8) is 0 Å². The van der Waals surface area contributed by atoms with Gasteiger partial charge in [-0.05, 0) is 65.7 Å². The first-order chi connectivity index (χ1) is 18.9. The summed E-state index contributed by atoms with van der Waals surface area (Å²) >= 11 is 0. The molecule has 0 amide bonds. The zero-order chi connectivity index (χ0) is 30.4. The maximum Gasteiger partial charge on any atom is 0.328 e. The maximum atomic E-state index is 12.2. The van der Waals surface area contributed by atoms with Gasteiger partial charge < -0.3 is 9.47 Å². The Labute approximate surface area is 239 Å². The molecule has 0 unspecified atom stereocenters. The standard InChI is InChI=1S/C26H38N8O6S/c1-25(2,3)39-23(35)17-33-15-20(28-30-33)13-32(12-11-19-7-9-22(10-8-19)41(27,37)38)14-21-16-34(31-29-21)18-24(36)40-26(4,5)6/h7-10,15-16H,11-14,17-18H2,1-6H3,(H2,27,37,38). The van der Waals surface area contributed by atoms with Gasteiger partial charge in [-0.2, -0.15) is 0 Å². The smallest absolute Gasteiger partial charge is 0.328 e. The van der Waals surface area contributed by atoms with Gasteiger partial charge in [-0.25, -0.2) is 22.9 Å². The van der Waals surface area contributed by atoms with Crippen molar-refractivity contribution in [2.24, 2.45) is 5.14 Å². The number of rotatable bonds is 12. The Bertz CT molecular complexity index is 1370. The van der Waals surface area contributed by atoms with E-state index in [-0.39, 0.29) is 18.0 Å². The highest BCUT2D eigenvalue weighted by molar-refractivity contribution is 7.89. The fraction of sp³-hybridized carbons (Fsp3) is 0.538. The molecule has 0 fully saturated rings. The number of hydrogen-bond donors (Lipinski definition) is 1. The number of nitrogens with two attached hydrogens (primary N) is 1. The number of esters is 2. The molecule has 0 aliphatic heterocycles. The molecule has 1 aromatic carbocycles. The lowest BCUT2D eigenvalue weighted by atomic mass is 10.1. The Balaban J connectivity index is 1.70. The van der Waals surface area contributed by atoms with Crippen molar-refractivity contribution < 1.29 is 27.5 Å². The molecule has 0 saturated carbocycles. The van der Waals surface area contributed by atoms with Crippen LogP contribution in [0.4, 0.5) is 0 Å². The van der Waals surface area contributed by atoms with E-state index in [0.717, 1.165) is 5.56 Å². The average molecular weight is 591 g/mol. The Morgan fingerprint density at radius 1 is 0.829 bits per heavy atom. The number of nitrogens with zero attached hydrogens (tertiary/aromatic N) is 7. The molecule has 0 saturated heterocycles. The van der Waals surface area contributed by atoms with Crippen LogP contribution in [0.2, 0.25) is 0 Å². The molecule has 0 radical (unpaired) electrons. The molecular weight excluding hydrogens is 552 g/mol. The number of hydrogen-bond acceptors (Lipinski definition) is 11. The van der Waals surface area contributed by atoms with Crippen LogP contribution in [0.5, 0.6) is 0 Å². The summed E-state index contributed by atoms with van der Waals surface area (Å²) < 4.78 is 36.7. The van der Waals surface area contributed by atoms with Gasteiger partial charge >= 0.3 is 11.9 Å². The topological polar surface area (TPSA) is 177 Å². The minimum Gasteiger partial charge on any atom is -0.459 e. The number of primary sulfonamides is 1. The molecule has 0 atom stereocenters. The van der Waals surface area contributed by atoms with E-state index in [1.54, 1.807) is 66.1 Å². The van der Waals surface area contributed by atoms with Crippen molar-refractivity contribution in [2.45, 2.75) is 90.2 Å². The molecule has 3 aromatic rings. The number of sulfonamides is 1. The summed E-state index contributed by atoms with van der Waals surface area (Å²) in [6.07, 6.45) is 3.94. The third-order valence-corrected chi connectivity index (χ3v) is 6.26. The largest absolute Gasteiger partial charge is 0.459 e. The first-order valence-corrected chi connectivity index (χ1v) is 14.6. The molecule has 2 aromatic heterocycles. The van der Waals surface area contributed by atoms with Gasteiger partial charge in [-0.3, -0.25) is 14.5 Å². The fourth-order valence-electron chi connectivity index (χ4n) is 3.79. The van der Waals surface area contributed by atoms with Crippen LogP contribution in [0, 0.1) is 0 Å². The van der Waals surface area contributed by atoms with Crippen LogP contribution >= 0.6 is 0 Å². The lowest BCUT2D eigenvalue weighted by molar-refractivity contribution is -0.157. The van der Waals surface area contributed by atoms with Crippen molar-refractivity contribution in [2.75, 3.05) is 6.54 Å². The van der Waals surface area contributed by atoms with E-state index in [1.165, 1.54) is 21.5 Å². The highest BCUT2D eigenvalue weighted by atomic mass is 32.2. The van der Waals surface area contributed by atoms with E-state index in [1.807, 2.05) is 0 Å². The van der Waals surface area contributed by atoms with Gasteiger partial charge in [0.15, 0.2) is 0 Å². The molecule has 0 spiro atoms. The second-order valence-electron chi connectivity index (χ2n) is 11.6. The zero-order valence-electron chi connectivity index (χ0n) is 24.3. The van der Waals surface area contributed by atoms with Gasteiger partial charge in [0.1, 0.15) is 24.3 Å². The predicted molar refractivity (Wildman–Crippen MR) is 147 cm³/mol. The molecule has 3 rings (SSSR count).